The fraction of sp³-hybridized carbons (Fsp3) is 0.565. The molecule has 1 atom stereocenters. The predicted octanol–water partition coefficient (Wildman–Crippen LogP) is 4.13. The molecule has 1 aromatic carbocycles. The molecule has 1 radical (unpaired) electrons. The number of hydrogen-bond donors (Lipinski definition) is 2. The molecule has 0 amide bonds. The second-order valence-electron chi connectivity index (χ2n) is 9.21. The van der Waals surface area contributed by atoms with E-state index in [-0.39, 0.29) is 12.5 Å². The zero-order chi connectivity index (χ0) is 20.6. The number of aromatic amines is 1. The molecule has 29 heavy (non-hydrogen) atoms. The Kier molecular flexibility index (Phi) is 5.32. The van der Waals surface area contributed by atoms with Gasteiger partial charge in [-0.2, -0.15) is 4.99 Å². The Morgan fingerprint density at radius 2 is 1.79 bits per heavy atom. The van der Waals surface area contributed by atoms with Gasteiger partial charge in [0.2, 0.25) is 6.08 Å². The number of fused-ring (bicyclic) bond motifs is 1. The summed E-state index contributed by atoms with van der Waals surface area (Å²) in [5, 5.41) is 21.7. The summed E-state index contributed by atoms with van der Waals surface area (Å²) in [4.78, 5) is 28.0. The number of carbonyl (C=O) groups excluding carboxylic acids is 1. The van der Waals surface area contributed by atoms with Gasteiger partial charge in [0, 0.05) is 23.5 Å². The monoisotopic (exact) mass is 395 g/mol. The highest BCUT2D eigenvalue weighted by atomic mass is 16.4. The SMILES string of the molecule is CC(Cc1c[nH]c2ccccc12)(N=C=O)C(=O)O.[O]C1C2CC3CC(C2)CC1C3. The number of hydrogen-bond acceptors (Lipinski definition) is 3. The van der Waals surface area contributed by atoms with Crippen LogP contribution in [0.4, 0.5) is 0 Å². The van der Waals surface area contributed by atoms with Crippen molar-refractivity contribution in [3.63, 3.8) is 0 Å². The van der Waals surface area contributed by atoms with Gasteiger partial charge in [-0.15, -0.1) is 0 Å². The number of nitrogens with zero attached hydrogens (tertiary/aromatic N) is 1. The van der Waals surface area contributed by atoms with E-state index in [1.165, 1.54) is 45.1 Å². The van der Waals surface area contributed by atoms with Crippen LogP contribution in [0.25, 0.3) is 10.9 Å². The Morgan fingerprint density at radius 3 is 2.38 bits per heavy atom. The third-order valence-electron chi connectivity index (χ3n) is 7.10. The summed E-state index contributed by atoms with van der Waals surface area (Å²) in [5.74, 6) is 1.96. The molecule has 6 heteroatoms. The van der Waals surface area contributed by atoms with Gasteiger partial charge in [-0.1, -0.05) is 18.2 Å². The number of H-pyrrole nitrogens is 1. The molecular formula is C23H27N2O4. The number of isocyanates is 1. The predicted molar refractivity (Wildman–Crippen MR) is 108 cm³/mol. The summed E-state index contributed by atoms with van der Waals surface area (Å²) in [7, 11) is 0. The zero-order valence-electron chi connectivity index (χ0n) is 16.6. The summed E-state index contributed by atoms with van der Waals surface area (Å²) in [6.45, 7) is 1.40. The quantitative estimate of drug-likeness (QED) is 0.601. The first-order valence-corrected chi connectivity index (χ1v) is 10.4. The molecule has 4 saturated carbocycles. The molecule has 2 N–H and O–H groups in total. The first-order chi connectivity index (χ1) is 13.9. The molecule has 4 fully saturated rings. The van der Waals surface area contributed by atoms with Crippen molar-refractivity contribution >= 4 is 23.0 Å². The number of carbonyl (C=O) groups is 1. The summed E-state index contributed by atoms with van der Waals surface area (Å²) in [5.41, 5.74) is 0.261. The normalized spacial score (nSPS) is 31.4. The van der Waals surface area contributed by atoms with Gasteiger partial charge in [0.1, 0.15) is 0 Å². The molecule has 2 aromatic rings. The molecule has 4 bridgehead atoms. The standard InChI is InChI=1S/C13H12N2O3.C10H15O/c1-13(12(17)18,15-8-16)6-9-7-14-11-5-3-2-4-10(9)11;11-10-8-2-6-1-7(4-8)5-9(10)3-6/h2-5,7,14H,6H2,1H3,(H,17,18);6-10H,1-5H2. The molecule has 153 valence electrons. The minimum absolute atomic E-state index is 0.140. The average Bonchev–Trinajstić information content (AvgIpc) is 3.09. The molecule has 6 rings (SSSR count). The molecule has 6 nitrogen and oxygen atoms in total. The molecule has 4 aliphatic rings. The van der Waals surface area contributed by atoms with Crippen LogP contribution in [-0.2, 0) is 21.1 Å². The van der Waals surface area contributed by atoms with E-state index >= 15 is 0 Å². The van der Waals surface area contributed by atoms with Crippen LogP contribution >= 0.6 is 0 Å². The van der Waals surface area contributed by atoms with E-state index in [1.54, 1.807) is 6.20 Å². The molecule has 0 aliphatic heterocycles. The van der Waals surface area contributed by atoms with Crippen LogP contribution in [0.15, 0.2) is 35.5 Å². The number of para-hydroxylation sites is 1. The first kappa shape index (κ1) is 19.9. The lowest BCUT2D eigenvalue weighted by atomic mass is 9.55. The van der Waals surface area contributed by atoms with E-state index in [1.807, 2.05) is 24.3 Å². The number of carboxylic acids is 1. The Morgan fingerprint density at radius 1 is 1.17 bits per heavy atom. The molecule has 0 saturated heterocycles. The van der Waals surface area contributed by atoms with Crippen LogP contribution < -0.4 is 0 Å². The Labute approximate surface area is 170 Å². The van der Waals surface area contributed by atoms with E-state index in [4.69, 9.17) is 5.11 Å². The van der Waals surface area contributed by atoms with Gasteiger partial charge in [0.25, 0.3) is 0 Å². The smallest absolute Gasteiger partial charge is 0.332 e. The lowest BCUT2D eigenvalue weighted by Crippen LogP contribution is -2.47. The van der Waals surface area contributed by atoms with Crippen molar-refractivity contribution in [3.05, 3.63) is 36.0 Å². The van der Waals surface area contributed by atoms with Gasteiger partial charge in [-0.3, -0.25) is 0 Å². The summed E-state index contributed by atoms with van der Waals surface area (Å²) in [6, 6.07) is 7.57. The van der Waals surface area contributed by atoms with Gasteiger partial charge in [0.15, 0.2) is 5.54 Å². The van der Waals surface area contributed by atoms with Crippen molar-refractivity contribution in [2.45, 2.75) is 57.1 Å². The molecule has 1 unspecified atom stereocenters. The highest BCUT2D eigenvalue weighted by Gasteiger charge is 2.48. The van der Waals surface area contributed by atoms with Gasteiger partial charge >= 0.3 is 5.97 Å². The third-order valence-corrected chi connectivity index (χ3v) is 7.10. The summed E-state index contributed by atoms with van der Waals surface area (Å²) in [6.07, 6.45) is 9.63. The first-order valence-electron chi connectivity index (χ1n) is 10.4. The van der Waals surface area contributed by atoms with Gasteiger partial charge in [-0.05, 0) is 74.3 Å². The highest BCUT2D eigenvalue weighted by Crippen LogP contribution is 2.53. The zero-order valence-corrected chi connectivity index (χ0v) is 16.6. The Balaban J connectivity index is 0.000000157. The minimum atomic E-state index is -1.48. The average molecular weight is 395 g/mol. The fourth-order valence-corrected chi connectivity index (χ4v) is 5.79. The number of benzene rings is 1. The Bertz CT molecular complexity index is 913. The highest BCUT2D eigenvalue weighted by molar-refractivity contribution is 5.85. The van der Waals surface area contributed by atoms with Gasteiger partial charge in [-0.25, -0.2) is 14.7 Å². The lowest BCUT2D eigenvalue weighted by Gasteiger charge is -2.51. The summed E-state index contributed by atoms with van der Waals surface area (Å²) >= 11 is 0. The second-order valence-corrected chi connectivity index (χ2v) is 9.21. The van der Waals surface area contributed by atoms with Crippen molar-refractivity contribution < 1.29 is 19.8 Å². The van der Waals surface area contributed by atoms with Crippen molar-refractivity contribution in [2.24, 2.45) is 28.7 Å². The fourth-order valence-electron chi connectivity index (χ4n) is 5.79. The minimum Gasteiger partial charge on any atom is -0.479 e. The number of aliphatic carboxylic acids is 1. The van der Waals surface area contributed by atoms with Crippen molar-refractivity contribution in [2.75, 3.05) is 0 Å². The van der Waals surface area contributed by atoms with Crippen molar-refractivity contribution in [1.29, 1.82) is 0 Å². The third kappa shape index (κ3) is 3.87. The summed E-state index contributed by atoms with van der Waals surface area (Å²) < 4.78 is 0. The molecule has 1 aromatic heterocycles. The van der Waals surface area contributed by atoms with Crippen LogP contribution in [-0.4, -0.2) is 33.8 Å². The van der Waals surface area contributed by atoms with Gasteiger partial charge < -0.3 is 10.1 Å². The topological polar surface area (TPSA) is 102 Å². The molecule has 4 aliphatic carbocycles. The molecule has 0 spiro atoms. The number of nitrogens with one attached hydrogen (secondary N) is 1. The maximum absolute atomic E-state index is 11.7. The number of carboxylic acid groups (broad SMARTS) is 1. The number of rotatable bonds is 4. The van der Waals surface area contributed by atoms with E-state index < -0.39 is 11.5 Å². The lowest BCUT2D eigenvalue weighted by molar-refractivity contribution is -0.142. The largest absolute Gasteiger partial charge is 0.479 e. The van der Waals surface area contributed by atoms with Gasteiger partial charge in [0.05, 0.1) is 6.10 Å². The number of aliphatic imine (C=N–C) groups is 1. The van der Waals surface area contributed by atoms with Crippen molar-refractivity contribution in [3.8, 4) is 0 Å². The Hall–Kier alpha value is -2.43. The van der Waals surface area contributed by atoms with E-state index in [9.17, 15) is 14.7 Å². The molecule has 1 heterocycles. The van der Waals surface area contributed by atoms with Crippen molar-refractivity contribution in [1.82, 2.24) is 4.98 Å². The maximum Gasteiger partial charge on any atom is 0.332 e. The van der Waals surface area contributed by atoms with E-state index in [0.717, 1.165) is 28.3 Å². The van der Waals surface area contributed by atoms with E-state index in [2.05, 4.69) is 9.98 Å². The van der Waals surface area contributed by atoms with Crippen LogP contribution in [0.1, 0.15) is 44.6 Å². The second kappa shape index (κ2) is 7.77. The maximum atomic E-state index is 11.7. The number of aromatic nitrogens is 1. The molecular weight excluding hydrogens is 368 g/mol. The van der Waals surface area contributed by atoms with Crippen LogP contribution in [0.5, 0.6) is 0 Å². The van der Waals surface area contributed by atoms with Crippen LogP contribution in [0, 0.1) is 23.7 Å². The van der Waals surface area contributed by atoms with Crippen LogP contribution in [0.3, 0.4) is 0 Å². The van der Waals surface area contributed by atoms with E-state index in [0.29, 0.717) is 11.8 Å². The van der Waals surface area contributed by atoms with Crippen LogP contribution in [0.2, 0.25) is 0 Å².